The van der Waals surface area contributed by atoms with Gasteiger partial charge in [0.1, 0.15) is 6.10 Å². The summed E-state index contributed by atoms with van der Waals surface area (Å²) in [7, 11) is 0. The fourth-order valence-electron chi connectivity index (χ4n) is 9.37. The monoisotopic (exact) mass is 608 g/mol. The Labute approximate surface area is 236 Å². The molecule has 4 rings (SSSR count). The standard InChI is InChI=1S/C33H53IO2/c1-7-24(22(2)3)11-10-23(4)28-14-15-29-27-13-12-25-21-26(36-31(35)9-8-20-34)16-18-32(25,5)30(27)17-19-33(28,29)6/h10-12,22-24,26-30H,7-9,13-21H2,1-6H3/b11-10+/t23-,24-,26+,27?,28-,29?,30?,32+,33-/m1/s1. The van der Waals surface area contributed by atoms with E-state index in [2.05, 4.69) is 82.4 Å². The lowest BCUT2D eigenvalue weighted by atomic mass is 9.47. The van der Waals surface area contributed by atoms with Gasteiger partial charge in [-0.3, -0.25) is 4.79 Å². The largest absolute Gasteiger partial charge is 0.462 e. The van der Waals surface area contributed by atoms with Crippen LogP contribution in [0.1, 0.15) is 112 Å². The minimum absolute atomic E-state index is 0.0156. The second kappa shape index (κ2) is 11.8. The van der Waals surface area contributed by atoms with Gasteiger partial charge in [0, 0.05) is 17.3 Å². The Morgan fingerprint density at radius 3 is 2.58 bits per heavy atom. The average Bonchev–Trinajstić information content (AvgIpc) is 3.20. The van der Waals surface area contributed by atoms with E-state index in [0.717, 1.165) is 59.2 Å². The Balaban J connectivity index is 1.44. The quantitative estimate of drug-likeness (QED) is 0.113. The normalized spacial score (nSPS) is 39.8. The highest BCUT2D eigenvalue weighted by Gasteiger charge is 2.59. The molecule has 2 nitrogen and oxygen atoms in total. The molecule has 4 aliphatic carbocycles. The predicted molar refractivity (Wildman–Crippen MR) is 160 cm³/mol. The van der Waals surface area contributed by atoms with Gasteiger partial charge in [-0.2, -0.15) is 0 Å². The zero-order valence-corrected chi connectivity index (χ0v) is 26.2. The summed E-state index contributed by atoms with van der Waals surface area (Å²) in [4.78, 5) is 12.3. The summed E-state index contributed by atoms with van der Waals surface area (Å²) >= 11 is 2.34. The summed E-state index contributed by atoms with van der Waals surface area (Å²) in [6, 6.07) is 0. The highest BCUT2D eigenvalue weighted by Crippen LogP contribution is 2.67. The summed E-state index contributed by atoms with van der Waals surface area (Å²) in [6.45, 7) is 14.8. The van der Waals surface area contributed by atoms with Crippen molar-refractivity contribution in [2.75, 3.05) is 4.43 Å². The van der Waals surface area contributed by atoms with Crippen LogP contribution < -0.4 is 0 Å². The fourth-order valence-corrected chi connectivity index (χ4v) is 9.75. The molecule has 4 aliphatic rings. The van der Waals surface area contributed by atoms with Crippen molar-refractivity contribution in [3.8, 4) is 0 Å². The van der Waals surface area contributed by atoms with E-state index < -0.39 is 0 Å². The third-order valence-electron chi connectivity index (χ3n) is 11.6. The molecule has 0 radical (unpaired) electrons. The number of ether oxygens (including phenoxy) is 1. The lowest BCUT2D eigenvalue weighted by molar-refractivity contribution is -0.151. The van der Waals surface area contributed by atoms with Crippen LogP contribution in [-0.4, -0.2) is 16.5 Å². The molecule has 3 unspecified atom stereocenters. The van der Waals surface area contributed by atoms with Crippen molar-refractivity contribution in [3.63, 3.8) is 0 Å². The Hall–Kier alpha value is -0.320. The van der Waals surface area contributed by atoms with E-state index in [9.17, 15) is 4.79 Å². The van der Waals surface area contributed by atoms with Crippen molar-refractivity contribution in [1.29, 1.82) is 0 Å². The molecular weight excluding hydrogens is 555 g/mol. The molecule has 9 atom stereocenters. The minimum atomic E-state index is 0.0156. The molecule has 3 heteroatoms. The van der Waals surface area contributed by atoms with Gasteiger partial charge in [-0.15, -0.1) is 0 Å². The molecule has 0 heterocycles. The SMILES string of the molecule is CC[C@H](/C=C/[C@@H](C)[C@H]1CCC2C3CC=C4C[C@@H](OC(=O)CCCI)CC[C@]4(C)C3CC[C@@]21C)C(C)C. The van der Waals surface area contributed by atoms with Crippen molar-refractivity contribution in [2.24, 2.45) is 52.3 Å². The number of halogens is 1. The molecule has 0 saturated heterocycles. The second-order valence-electron chi connectivity index (χ2n) is 13.7. The van der Waals surface area contributed by atoms with E-state index in [1.54, 1.807) is 5.57 Å². The van der Waals surface area contributed by atoms with Gasteiger partial charge in [-0.25, -0.2) is 0 Å². The van der Waals surface area contributed by atoms with Gasteiger partial charge in [0.2, 0.25) is 0 Å². The van der Waals surface area contributed by atoms with Crippen molar-refractivity contribution < 1.29 is 9.53 Å². The first-order chi connectivity index (χ1) is 17.1. The molecule has 0 aromatic rings. The first-order valence-electron chi connectivity index (χ1n) is 15.3. The van der Waals surface area contributed by atoms with Gasteiger partial charge in [0.15, 0.2) is 0 Å². The van der Waals surface area contributed by atoms with E-state index >= 15 is 0 Å². The van der Waals surface area contributed by atoms with Gasteiger partial charge in [0.25, 0.3) is 0 Å². The van der Waals surface area contributed by atoms with Crippen molar-refractivity contribution in [2.45, 2.75) is 118 Å². The third kappa shape index (κ3) is 5.53. The molecule has 3 fully saturated rings. The van der Waals surface area contributed by atoms with Crippen LogP contribution in [0.15, 0.2) is 23.8 Å². The number of hydrogen-bond acceptors (Lipinski definition) is 2. The van der Waals surface area contributed by atoms with Crippen LogP contribution in [-0.2, 0) is 9.53 Å². The third-order valence-corrected chi connectivity index (χ3v) is 12.3. The number of carbonyl (C=O) groups excluding carboxylic acids is 1. The van der Waals surface area contributed by atoms with Crippen LogP contribution in [0.3, 0.4) is 0 Å². The molecule has 0 spiro atoms. The number of rotatable bonds is 9. The Morgan fingerprint density at radius 2 is 1.89 bits per heavy atom. The molecule has 0 bridgehead atoms. The zero-order chi connectivity index (χ0) is 26.1. The molecule has 0 amide bonds. The van der Waals surface area contributed by atoms with Gasteiger partial charge in [0.05, 0.1) is 0 Å². The lowest BCUT2D eigenvalue weighted by Crippen LogP contribution is -2.51. The number of allylic oxidation sites excluding steroid dienone is 3. The van der Waals surface area contributed by atoms with E-state index in [-0.39, 0.29) is 12.1 Å². The van der Waals surface area contributed by atoms with Crippen LogP contribution in [0.2, 0.25) is 0 Å². The van der Waals surface area contributed by atoms with Crippen molar-refractivity contribution >= 4 is 28.6 Å². The van der Waals surface area contributed by atoms with Gasteiger partial charge >= 0.3 is 5.97 Å². The maximum absolute atomic E-state index is 12.3. The molecule has 0 aliphatic heterocycles. The van der Waals surface area contributed by atoms with E-state index in [1.807, 2.05) is 0 Å². The van der Waals surface area contributed by atoms with Crippen LogP contribution in [0.4, 0.5) is 0 Å². The molecular formula is C33H53IO2. The van der Waals surface area contributed by atoms with Crippen molar-refractivity contribution in [3.05, 3.63) is 23.8 Å². The number of fused-ring (bicyclic) bond motifs is 5. The Kier molecular flexibility index (Phi) is 9.42. The number of esters is 1. The molecule has 0 aromatic carbocycles. The maximum Gasteiger partial charge on any atom is 0.306 e. The molecule has 3 saturated carbocycles. The average molecular weight is 609 g/mol. The van der Waals surface area contributed by atoms with Gasteiger partial charge < -0.3 is 4.74 Å². The highest BCUT2D eigenvalue weighted by molar-refractivity contribution is 14.1. The summed E-state index contributed by atoms with van der Waals surface area (Å²) in [6.07, 6.45) is 20.8. The summed E-state index contributed by atoms with van der Waals surface area (Å²) in [5.41, 5.74) is 2.44. The molecule has 204 valence electrons. The van der Waals surface area contributed by atoms with E-state index in [4.69, 9.17) is 4.74 Å². The first-order valence-corrected chi connectivity index (χ1v) is 16.8. The van der Waals surface area contributed by atoms with Crippen LogP contribution in [0, 0.1) is 52.3 Å². The number of carbonyl (C=O) groups is 1. The minimum Gasteiger partial charge on any atom is -0.462 e. The van der Waals surface area contributed by atoms with Crippen LogP contribution in [0.5, 0.6) is 0 Å². The number of alkyl halides is 1. The fraction of sp³-hybridized carbons (Fsp3) is 0.848. The maximum atomic E-state index is 12.3. The summed E-state index contributed by atoms with van der Waals surface area (Å²) in [5.74, 6) is 5.54. The van der Waals surface area contributed by atoms with Crippen LogP contribution >= 0.6 is 22.6 Å². The highest BCUT2D eigenvalue weighted by atomic mass is 127. The Bertz CT molecular complexity index is 830. The predicted octanol–water partition coefficient (Wildman–Crippen LogP) is 9.57. The van der Waals surface area contributed by atoms with Gasteiger partial charge in [-0.1, -0.05) is 87.9 Å². The summed E-state index contributed by atoms with van der Waals surface area (Å²) < 4.78 is 6.95. The smallest absolute Gasteiger partial charge is 0.306 e. The molecule has 36 heavy (non-hydrogen) atoms. The van der Waals surface area contributed by atoms with Crippen LogP contribution in [0.25, 0.3) is 0 Å². The van der Waals surface area contributed by atoms with Crippen molar-refractivity contribution in [1.82, 2.24) is 0 Å². The first kappa shape index (κ1) is 28.7. The summed E-state index contributed by atoms with van der Waals surface area (Å²) in [5, 5.41) is 0. The Morgan fingerprint density at radius 1 is 1.11 bits per heavy atom. The second-order valence-corrected chi connectivity index (χ2v) is 14.8. The topological polar surface area (TPSA) is 26.3 Å². The molecule has 0 aromatic heterocycles. The van der Waals surface area contributed by atoms with E-state index in [1.165, 1.54) is 44.9 Å². The lowest BCUT2D eigenvalue weighted by Gasteiger charge is -2.58. The zero-order valence-electron chi connectivity index (χ0n) is 24.0. The molecule has 0 N–H and O–H groups in total. The van der Waals surface area contributed by atoms with Gasteiger partial charge in [-0.05, 0) is 110 Å². The number of hydrogen-bond donors (Lipinski definition) is 0. The van der Waals surface area contributed by atoms with E-state index in [0.29, 0.717) is 23.2 Å².